The van der Waals surface area contributed by atoms with Crippen molar-refractivity contribution in [2.75, 3.05) is 7.05 Å². The summed E-state index contributed by atoms with van der Waals surface area (Å²) in [5.74, 6) is 0.201. The zero-order chi connectivity index (χ0) is 11.2. The molecule has 0 unspecified atom stereocenters. The van der Waals surface area contributed by atoms with Crippen molar-refractivity contribution in [3.8, 4) is 0 Å². The lowest BCUT2D eigenvalue weighted by atomic mass is 9.77. The van der Waals surface area contributed by atoms with Gasteiger partial charge in [-0.3, -0.25) is 9.59 Å². The van der Waals surface area contributed by atoms with Crippen LogP contribution in [0.5, 0.6) is 0 Å². The maximum absolute atomic E-state index is 11.8. The van der Waals surface area contributed by atoms with E-state index >= 15 is 0 Å². The highest BCUT2D eigenvalue weighted by molar-refractivity contribution is 6.04. The molecule has 0 aromatic rings. The van der Waals surface area contributed by atoms with Crippen LogP contribution in [0, 0.1) is 5.41 Å². The van der Waals surface area contributed by atoms with Crippen LogP contribution in [0.3, 0.4) is 0 Å². The number of likely N-dealkylation sites (N-methyl/N-ethyl adjacent to an activating group) is 1. The largest absolute Gasteiger partial charge is 0.315 e. The Kier molecular flexibility index (Phi) is 2.07. The number of carbonyl (C=O) groups is 2. The molecule has 1 amide bonds. The Hall–Kier alpha value is -1.38. The van der Waals surface area contributed by atoms with Crippen LogP contribution in [0.15, 0.2) is 23.4 Å². The van der Waals surface area contributed by atoms with Gasteiger partial charge in [-0.15, -0.1) is 0 Å². The molecule has 2 rings (SSSR count). The quantitative estimate of drug-likeness (QED) is 0.603. The van der Waals surface area contributed by atoms with Gasteiger partial charge in [-0.1, -0.05) is 26.0 Å². The molecular formula is C12H15NO2. The second-order valence-corrected chi connectivity index (χ2v) is 4.89. The summed E-state index contributed by atoms with van der Waals surface area (Å²) in [6.07, 6.45) is 4.66. The average Bonchev–Trinajstić information content (AvgIpc) is 2.10. The van der Waals surface area contributed by atoms with Gasteiger partial charge >= 0.3 is 0 Å². The molecule has 1 aliphatic carbocycles. The smallest absolute Gasteiger partial charge is 0.230 e. The highest BCUT2D eigenvalue weighted by Gasteiger charge is 2.34. The molecule has 0 N–H and O–H groups in total. The summed E-state index contributed by atoms with van der Waals surface area (Å²) in [6.45, 7) is 4.03. The number of hydrogen-bond acceptors (Lipinski definition) is 2. The van der Waals surface area contributed by atoms with Crippen molar-refractivity contribution in [3.05, 3.63) is 23.4 Å². The second kappa shape index (κ2) is 3.05. The summed E-state index contributed by atoms with van der Waals surface area (Å²) in [5, 5.41) is 0. The van der Waals surface area contributed by atoms with Gasteiger partial charge in [0, 0.05) is 25.5 Å². The Bertz CT molecular complexity index is 402. The third-order valence-corrected chi connectivity index (χ3v) is 2.94. The number of carbonyl (C=O) groups excluding carboxylic acids is 2. The molecule has 1 aliphatic heterocycles. The van der Waals surface area contributed by atoms with Crippen LogP contribution >= 0.6 is 0 Å². The topological polar surface area (TPSA) is 37.4 Å². The van der Waals surface area contributed by atoms with Crippen LogP contribution in [0.2, 0.25) is 0 Å². The summed E-state index contributed by atoms with van der Waals surface area (Å²) >= 11 is 0. The second-order valence-electron chi connectivity index (χ2n) is 4.89. The predicted octanol–water partition coefficient (Wildman–Crippen LogP) is 1.66. The highest BCUT2D eigenvalue weighted by atomic mass is 16.2. The minimum atomic E-state index is -0.143. The number of ketones is 1. The van der Waals surface area contributed by atoms with Crippen LogP contribution in [-0.2, 0) is 9.59 Å². The first kappa shape index (κ1) is 10.1. The highest BCUT2D eigenvalue weighted by Crippen LogP contribution is 2.37. The molecule has 0 spiro atoms. The first-order valence-electron chi connectivity index (χ1n) is 5.14. The first-order chi connectivity index (χ1) is 6.91. The third kappa shape index (κ3) is 1.62. The molecule has 0 atom stereocenters. The lowest BCUT2D eigenvalue weighted by Gasteiger charge is -2.34. The number of nitrogens with zero attached hydrogens (tertiary/aromatic N) is 1. The molecule has 0 aromatic carbocycles. The first-order valence-corrected chi connectivity index (χ1v) is 5.14. The summed E-state index contributed by atoms with van der Waals surface area (Å²) < 4.78 is 0. The summed E-state index contributed by atoms with van der Waals surface area (Å²) in [4.78, 5) is 24.9. The monoisotopic (exact) mass is 205 g/mol. The maximum Gasteiger partial charge on any atom is 0.230 e. The van der Waals surface area contributed by atoms with E-state index in [-0.39, 0.29) is 17.1 Å². The van der Waals surface area contributed by atoms with Gasteiger partial charge < -0.3 is 4.90 Å². The maximum atomic E-state index is 11.8. The zero-order valence-electron chi connectivity index (χ0n) is 9.33. The standard InChI is InChI=1S/C12H15NO2/c1-12(2)6-9-8(10(14)7-12)4-5-11(15)13(9)3/h4,6H,5,7H2,1-3H3. The van der Waals surface area contributed by atoms with E-state index in [0.29, 0.717) is 12.8 Å². The number of rotatable bonds is 0. The van der Waals surface area contributed by atoms with Gasteiger partial charge in [-0.2, -0.15) is 0 Å². The molecular weight excluding hydrogens is 190 g/mol. The van der Waals surface area contributed by atoms with Crippen molar-refractivity contribution in [2.24, 2.45) is 5.41 Å². The zero-order valence-corrected chi connectivity index (χ0v) is 9.33. The molecule has 0 saturated heterocycles. The molecule has 3 heteroatoms. The van der Waals surface area contributed by atoms with Crippen LogP contribution in [0.25, 0.3) is 0 Å². The molecule has 80 valence electrons. The van der Waals surface area contributed by atoms with Gasteiger partial charge in [-0.25, -0.2) is 0 Å². The van der Waals surface area contributed by atoms with Crippen LogP contribution in [0.4, 0.5) is 0 Å². The van der Waals surface area contributed by atoms with Crippen molar-refractivity contribution in [3.63, 3.8) is 0 Å². The van der Waals surface area contributed by atoms with E-state index in [1.807, 2.05) is 19.9 Å². The lowest BCUT2D eigenvalue weighted by molar-refractivity contribution is -0.128. The lowest BCUT2D eigenvalue weighted by Crippen LogP contribution is -2.36. The Morgan fingerprint density at radius 3 is 2.67 bits per heavy atom. The molecule has 1 heterocycles. The van der Waals surface area contributed by atoms with Crippen molar-refractivity contribution in [1.29, 1.82) is 0 Å². The van der Waals surface area contributed by atoms with Gasteiger partial charge in [0.15, 0.2) is 5.78 Å². The SMILES string of the molecule is CN1C(=O)CC=C2C(=O)CC(C)(C)C=C21. The Morgan fingerprint density at radius 2 is 2.00 bits per heavy atom. The fraction of sp³-hybridized carbons (Fsp3) is 0.500. The molecule has 0 fully saturated rings. The van der Waals surface area contributed by atoms with Crippen molar-refractivity contribution in [1.82, 2.24) is 4.90 Å². The number of fused-ring (bicyclic) bond motifs is 1. The van der Waals surface area contributed by atoms with E-state index in [4.69, 9.17) is 0 Å². The minimum Gasteiger partial charge on any atom is -0.315 e. The molecule has 0 saturated carbocycles. The molecule has 15 heavy (non-hydrogen) atoms. The Labute approximate surface area is 89.4 Å². The summed E-state index contributed by atoms with van der Waals surface area (Å²) in [5.41, 5.74) is 1.36. The van der Waals surface area contributed by atoms with Crippen molar-refractivity contribution in [2.45, 2.75) is 26.7 Å². The molecule has 3 nitrogen and oxygen atoms in total. The predicted molar refractivity (Wildman–Crippen MR) is 57.0 cm³/mol. The van der Waals surface area contributed by atoms with E-state index < -0.39 is 0 Å². The fourth-order valence-corrected chi connectivity index (χ4v) is 2.11. The number of Topliss-reactive ketones (excluding diaryl/α,β-unsaturated/α-hetero) is 1. The minimum absolute atomic E-state index is 0.0514. The molecule has 0 radical (unpaired) electrons. The van der Waals surface area contributed by atoms with E-state index in [1.165, 1.54) is 0 Å². The van der Waals surface area contributed by atoms with E-state index in [2.05, 4.69) is 0 Å². The van der Waals surface area contributed by atoms with Gasteiger partial charge in [0.1, 0.15) is 0 Å². The molecule has 0 bridgehead atoms. The average molecular weight is 205 g/mol. The normalized spacial score (nSPS) is 24.6. The van der Waals surface area contributed by atoms with Gasteiger partial charge in [0.05, 0.1) is 5.70 Å². The van der Waals surface area contributed by atoms with Crippen molar-refractivity contribution < 1.29 is 9.59 Å². The van der Waals surface area contributed by atoms with Crippen LogP contribution < -0.4 is 0 Å². The number of amides is 1. The van der Waals surface area contributed by atoms with Gasteiger partial charge in [0.25, 0.3) is 0 Å². The summed E-state index contributed by atoms with van der Waals surface area (Å²) in [6, 6.07) is 0. The van der Waals surface area contributed by atoms with Crippen LogP contribution in [-0.4, -0.2) is 23.6 Å². The van der Waals surface area contributed by atoms with Gasteiger partial charge in [0.2, 0.25) is 5.91 Å². The Balaban J connectivity index is 2.52. The van der Waals surface area contributed by atoms with E-state index in [9.17, 15) is 9.59 Å². The Morgan fingerprint density at radius 1 is 1.33 bits per heavy atom. The molecule has 2 aliphatic rings. The summed E-state index contributed by atoms with van der Waals surface area (Å²) in [7, 11) is 1.73. The molecule has 0 aromatic heterocycles. The number of hydrogen-bond donors (Lipinski definition) is 0. The third-order valence-electron chi connectivity index (χ3n) is 2.94. The fourth-order valence-electron chi connectivity index (χ4n) is 2.11. The van der Waals surface area contributed by atoms with Gasteiger partial charge in [-0.05, 0) is 5.41 Å². The van der Waals surface area contributed by atoms with Crippen molar-refractivity contribution >= 4 is 11.7 Å². The number of allylic oxidation sites excluding steroid dienone is 2. The van der Waals surface area contributed by atoms with Crippen LogP contribution in [0.1, 0.15) is 26.7 Å². The van der Waals surface area contributed by atoms with E-state index in [1.54, 1.807) is 18.0 Å². The van der Waals surface area contributed by atoms with E-state index in [0.717, 1.165) is 11.3 Å².